The summed E-state index contributed by atoms with van der Waals surface area (Å²) in [6.45, 7) is 7.92. The van der Waals surface area contributed by atoms with Gasteiger partial charge in [-0.15, -0.1) is 11.3 Å². The van der Waals surface area contributed by atoms with Gasteiger partial charge in [0, 0.05) is 42.5 Å². The molecule has 1 heterocycles. The van der Waals surface area contributed by atoms with Crippen LogP contribution in [0.5, 0.6) is 0 Å². The highest BCUT2D eigenvalue weighted by atomic mass is 32.1. The van der Waals surface area contributed by atoms with E-state index in [-0.39, 0.29) is 0 Å². The molecule has 0 aliphatic heterocycles. The summed E-state index contributed by atoms with van der Waals surface area (Å²) in [5, 5.41) is 0. The molecule has 0 fully saturated rings. The molecule has 0 amide bonds. The van der Waals surface area contributed by atoms with E-state index in [1.807, 2.05) is 11.3 Å². The third-order valence-corrected chi connectivity index (χ3v) is 4.17. The number of thiophene rings is 1. The van der Waals surface area contributed by atoms with Crippen LogP contribution in [-0.4, -0.2) is 31.2 Å². The molecule has 1 aromatic rings. The van der Waals surface area contributed by atoms with Crippen LogP contribution in [-0.2, 0) is 17.8 Å². The third kappa shape index (κ3) is 4.76. The molecule has 2 N–H and O–H groups in total. The van der Waals surface area contributed by atoms with Crippen LogP contribution in [0.1, 0.15) is 30.0 Å². The monoisotopic (exact) mass is 256 g/mol. The Morgan fingerprint density at radius 3 is 2.65 bits per heavy atom. The van der Waals surface area contributed by atoms with E-state index >= 15 is 0 Å². The van der Waals surface area contributed by atoms with Crippen molar-refractivity contribution in [1.29, 1.82) is 0 Å². The molecule has 17 heavy (non-hydrogen) atoms. The quantitative estimate of drug-likeness (QED) is 0.776. The number of nitrogens with zero attached hydrogens (tertiary/aromatic N) is 1. The molecule has 0 saturated carbocycles. The summed E-state index contributed by atoms with van der Waals surface area (Å²) in [7, 11) is 1.76. The molecule has 3 nitrogen and oxygen atoms in total. The van der Waals surface area contributed by atoms with Crippen LogP contribution >= 0.6 is 11.3 Å². The summed E-state index contributed by atoms with van der Waals surface area (Å²) in [4.78, 5) is 5.12. The van der Waals surface area contributed by atoms with Crippen molar-refractivity contribution in [1.82, 2.24) is 4.90 Å². The van der Waals surface area contributed by atoms with Gasteiger partial charge in [-0.05, 0) is 25.5 Å². The number of rotatable bonds is 8. The Balaban J connectivity index is 2.57. The Hall–Kier alpha value is -0.420. The normalized spacial score (nSPS) is 13.2. The number of hydrogen-bond donors (Lipinski definition) is 1. The van der Waals surface area contributed by atoms with Gasteiger partial charge in [-0.1, -0.05) is 6.92 Å². The summed E-state index contributed by atoms with van der Waals surface area (Å²) in [6, 6.07) is 4.91. The Morgan fingerprint density at radius 2 is 2.12 bits per heavy atom. The van der Waals surface area contributed by atoms with E-state index in [0.29, 0.717) is 12.6 Å². The zero-order valence-corrected chi connectivity index (χ0v) is 11.9. The molecule has 0 radical (unpaired) electrons. The summed E-state index contributed by atoms with van der Waals surface area (Å²) in [5.74, 6) is 0. The second-order valence-corrected chi connectivity index (χ2v) is 5.55. The molecule has 1 atom stereocenters. The predicted octanol–water partition coefficient (Wildman–Crippen LogP) is 2.45. The van der Waals surface area contributed by atoms with Gasteiger partial charge in [0.1, 0.15) is 0 Å². The predicted molar refractivity (Wildman–Crippen MR) is 74.2 cm³/mol. The molecule has 4 heteroatoms. The Labute approximate surface area is 109 Å². The average molecular weight is 256 g/mol. The van der Waals surface area contributed by atoms with Crippen LogP contribution < -0.4 is 5.73 Å². The first-order valence-corrected chi connectivity index (χ1v) is 7.03. The van der Waals surface area contributed by atoms with Crippen molar-refractivity contribution in [3.63, 3.8) is 0 Å². The molecule has 1 aromatic heterocycles. The second-order valence-electron chi connectivity index (χ2n) is 4.29. The maximum atomic E-state index is 5.64. The van der Waals surface area contributed by atoms with Crippen molar-refractivity contribution in [2.45, 2.75) is 39.4 Å². The van der Waals surface area contributed by atoms with Gasteiger partial charge in [0.25, 0.3) is 0 Å². The fraction of sp³-hybridized carbons (Fsp3) is 0.692. The number of hydrogen-bond acceptors (Lipinski definition) is 4. The smallest absolute Gasteiger partial charge is 0.0589 e. The number of ether oxygens (including phenoxy) is 1. The van der Waals surface area contributed by atoms with Crippen LogP contribution in [0.3, 0.4) is 0 Å². The van der Waals surface area contributed by atoms with Crippen molar-refractivity contribution in [3.8, 4) is 0 Å². The zero-order valence-electron chi connectivity index (χ0n) is 11.1. The van der Waals surface area contributed by atoms with Crippen LogP contribution in [0.4, 0.5) is 0 Å². The highest BCUT2D eigenvalue weighted by Gasteiger charge is 2.13. The van der Waals surface area contributed by atoms with Crippen molar-refractivity contribution in [2.24, 2.45) is 5.73 Å². The van der Waals surface area contributed by atoms with Gasteiger partial charge in [0.2, 0.25) is 0 Å². The molecule has 1 rings (SSSR count). The van der Waals surface area contributed by atoms with E-state index in [0.717, 1.165) is 19.7 Å². The van der Waals surface area contributed by atoms with E-state index in [4.69, 9.17) is 10.5 Å². The summed E-state index contributed by atoms with van der Waals surface area (Å²) >= 11 is 1.82. The Kier molecular flexibility index (Phi) is 6.73. The maximum absolute atomic E-state index is 5.64. The van der Waals surface area contributed by atoms with Gasteiger partial charge in [0.15, 0.2) is 0 Å². The molecular weight excluding hydrogens is 232 g/mol. The lowest BCUT2D eigenvalue weighted by molar-refractivity contribution is 0.119. The molecule has 0 spiro atoms. The lowest BCUT2D eigenvalue weighted by Gasteiger charge is -2.27. The van der Waals surface area contributed by atoms with Gasteiger partial charge >= 0.3 is 0 Å². The SMILES string of the molecule is CCC(C)N(CCOC)Cc1ccc(CN)s1. The molecule has 98 valence electrons. The summed E-state index contributed by atoms with van der Waals surface area (Å²) < 4.78 is 5.17. The first-order chi connectivity index (χ1) is 8.21. The van der Waals surface area contributed by atoms with E-state index in [2.05, 4.69) is 30.9 Å². The van der Waals surface area contributed by atoms with Gasteiger partial charge in [-0.2, -0.15) is 0 Å². The highest BCUT2D eigenvalue weighted by Crippen LogP contribution is 2.19. The maximum Gasteiger partial charge on any atom is 0.0589 e. The van der Waals surface area contributed by atoms with E-state index in [1.165, 1.54) is 16.2 Å². The minimum Gasteiger partial charge on any atom is -0.383 e. The van der Waals surface area contributed by atoms with Crippen LogP contribution in [0, 0.1) is 0 Å². The molecule has 0 aromatic carbocycles. The van der Waals surface area contributed by atoms with Crippen LogP contribution in [0.15, 0.2) is 12.1 Å². The minimum atomic E-state index is 0.591. The van der Waals surface area contributed by atoms with Crippen LogP contribution in [0.2, 0.25) is 0 Å². The van der Waals surface area contributed by atoms with E-state index in [9.17, 15) is 0 Å². The van der Waals surface area contributed by atoms with Gasteiger partial charge in [0.05, 0.1) is 6.61 Å². The number of methoxy groups -OCH3 is 1. The van der Waals surface area contributed by atoms with Crippen molar-refractivity contribution >= 4 is 11.3 Å². The van der Waals surface area contributed by atoms with E-state index < -0.39 is 0 Å². The fourth-order valence-corrected chi connectivity index (χ4v) is 2.66. The minimum absolute atomic E-state index is 0.591. The Bertz CT molecular complexity index is 314. The first kappa shape index (κ1) is 14.6. The molecule has 0 saturated heterocycles. The molecule has 0 aliphatic rings. The molecule has 0 aliphatic carbocycles. The Morgan fingerprint density at radius 1 is 1.41 bits per heavy atom. The summed E-state index contributed by atoms with van der Waals surface area (Å²) in [5.41, 5.74) is 5.64. The van der Waals surface area contributed by atoms with Gasteiger partial charge in [-0.25, -0.2) is 0 Å². The first-order valence-electron chi connectivity index (χ1n) is 6.21. The standard InChI is InChI=1S/C13H24N2OS/c1-4-11(2)15(7-8-16-3)10-13-6-5-12(9-14)17-13/h5-6,11H,4,7-10,14H2,1-3H3. The lowest BCUT2D eigenvalue weighted by Crippen LogP contribution is -2.34. The largest absolute Gasteiger partial charge is 0.383 e. The van der Waals surface area contributed by atoms with Crippen molar-refractivity contribution in [3.05, 3.63) is 21.9 Å². The third-order valence-electron chi connectivity index (χ3n) is 3.07. The summed E-state index contributed by atoms with van der Waals surface area (Å²) in [6.07, 6.45) is 1.17. The topological polar surface area (TPSA) is 38.5 Å². The fourth-order valence-electron chi connectivity index (χ4n) is 1.74. The van der Waals surface area contributed by atoms with Gasteiger partial charge < -0.3 is 10.5 Å². The van der Waals surface area contributed by atoms with Crippen molar-refractivity contribution < 1.29 is 4.74 Å². The lowest BCUT2D eigenvalue weighted by atomic mass is 10.2. The van der Waals surface area contributed by atoms with Crippen LogP contribution in [0.25, 0.3) is 0 Å². The van der Waals surface area contributed by atoms with Crippen molar-refractivity contribution in [2.75, 3.05) is 20.3 Å². The highest BCUT2D eigenvalue weighted by molar-refractivity contribution is 7.11. The second kappa shape index (κ2) is 7.82. The zero-order chi connectivity index (χ0) is 12.7. The van der Waals surface area contributed by atoms with E-state index in [1.54, 1.807) is 7.11 Å². The molecule has 1 unspecified atom stereocenters. The number of nitrogens with two attached hydrogens (primary N) is 1. The molecular formula is C13H24N2OS. The average Bonchev–Trinajstić information content (AvgIpc) is 2.81. The molecule has 0 bridgehead atoms. The van der Waals surface area contributed by atoms with Gasteiger partial charge in [-0.3, -0.25) is 4.90 Å².